The summed E-state index contributed by atoms with van der Waals surface area (Å²) in [4.78, 5) is 17.1. The highest BCUT2D eigenvalue weighted by Gasteiger charge is 2.20. The molecule has 4 aromatic rings. The van der Waals surface area contributed by atoms with Gasteiger partial charge in [-0.2, -0.15) is 4.98 Å². The number of para-hydroxylation sites is 1. The summed E-state index contributed by atoms with van der Waals surface area (Å²) in [6.07, 6.45) is 2.75. The summed E-state index contributed by atoms with van der Waals surface area (Å²) in [5, 5.41) is 0.626. The molecule has 0 spiro atoms. The largest absolute Gasteiger partial charge is 0.325 e. The highest BCUT2D eigenvalue weighted by molar-refractivity contribution is 7.90. The van der Waals surface area contributed by atoms with Gasteiger partial charge in [0.15, 0.2) is 9.84 Å². The average molecular weight is 443 g/mol. The Kier molecular flexibility index (Phi) is 5.02. The molecule has 3 aromatic carbocycles. The van der Waals surface area contributed by atoms with Crippen LogP contribution in [0.2, 0.25) is 0 Å². The highest BCUT2D eigenvalue weighted by Crippen LogP contribution is 2.29. The Hall–Kier alpha value is -3.51. The maximum absolute atomic E-state index is 12.8. The lowest BCUT2D eigenvalue weighted by molar-refractivity contribution is 0.595. The molecule has 0 aliphatic carbocycles. The number of sulfone groups is 1. The summed E-state index contributed by atoms with van der Waals surface area (Å²) in [5.41, 5.74) is 4.39. The minimum atomic E-state index is -3.43. The maximum Gasteiger partial charge on any atom is 0.281 e. The number of rotatable bonds is 4. The van der Waals surface area contributed by atoms with E-state index in [9.17, 15) is 13.2 Å². The van der Waals surface area contributed by atoms with E-state index < -0.39 is 9.84 Å². The van der Waals surface area contributed by atoms with Crippen LogP contribution in [0, 0.1) is 6.92 Å². The van der Waals surface area contributed by atoms with E-state index in [1.165, 1.54) is 0 Å². The predicted molar refractivity (Wildman–Crippen MR) is 127 cm³/mol. The quantitative estimate of drug-likeness (QED) is 0.462. The van der Waals surface area contributed by atoms with Crippen LogP contribution in [0.25, 0.3) is 22.6 Å². The number of aromatic nitrogens is 2. The van der Waals surface area contributed by atoms with Gasteiger partial charge in [-0.15, -0.1) is 0 Å². The van der Waals surface area contributed by atoms with E-state index in [0.29, 0.717) is 16.1 Å². The highest BCUT2D eigenvalue weighted by atomic mass is 32.2. The Bertz CT molecular complexity index is 1510. The van der Waals surface area contributed by atoms with Gasteiger partial charge in [-0.3, -0.25) is 4.79 Å². The fourth-order valence-electron chi connectivity index (χ4n) is 4.13. The molecule has 0 bridgehead atoms. The van der Waals surface area contributed by atoms with Gasteiger partial charge in [0.1, 0.15) is 5.82 Å². The van der Waals surface area contributed by atoms with Crippen LogP contribution in [0.3, 0.4) is 0 Å². The van der Waals surface area contributed by atoms with Crippen molar-refractivity contribution < 1.29 is 8.42 Å². The van der Waals surface area contributed by atoms with Gasteiger partial charge < -0.3 is 4.57 Å². The van der Waals surface area contributed by atoms with Gasteiger partial charge in [0.2, 0.25) is 0 Å². The fraction of sp³-hybridized carbons (Fsp3) is 0.154. The standard InChI is InChI=1S/C26H22N2O3S/c1-18-6-8-20(9-7-18)17-32(30,31)22-12-10-19(11-13-22)16-21-14-15-28-24-5-3-2-4-23(24)26(29)27-25(21)28/h2-13,16H,14-15,17H2,1H3/b21-16+. The van der Waals surface area contributed by atoms with Gasteiger partial charge in [-0.1, -0.05) is 54.1 Å². The van der Waals surface area contributed by atoms with Crippen molar-refractivity contribution in [2.24, 2.45) is 0 Å². The molecule has 0 unspecified atom stereocenters. The van der Waals surface area contributed by atoms with Crippen molar-refractivity contribution in [1.82, 2.24) is 9.55 Å². The van der Waals surface area contributed by atoms with E-state index in [-0.39, 0.29) is 11.3 Å². The molecule has 0 radical (unpaired) electrons. The van der Waals surface area contributed by atoms with E-state index in [0.717, 1.165) is 40.7 Å². The van der Waals surface area contributed by atoms with Gasteiger partial charge in [0.05, 0.1) is 21.6 Å². The van der Waals surface area contributed by atoms with Crippen LogP contribution in [0.15, 0.2) is 82.5 Å². The number of aryl methyl sites for hydroxylation is 2. The number of allylic oxidation sites excluding steroid dienone is 1. The van der Waals surface area contributed by atoms with E-state index in [1.54, 1.807) is 30.3 Å². The lowest BCUT2D eigenvalue weighted by Crippen LogP contribution is -2.14. The first-order chi connectivity index (χ1) is 15.4. The molecule has 5 rings (SSSR count). The Morgan fingerprint density at radius 1 is 0.969 bits per heavy atom. The third kappa shape index (κ3) is 3.78. The zero-order valence-corrected chi connectivity index (χ0v) is 18.5. The van der Waals surface area contributed by atoms with Crippen molar-refractivity contribution in [3.63, 3.8) is 0 Å². The number of hydrogen-bond donors (Lipinski definition) is 0. The van der Waals surface area contributed by atoms with Crippen molar-refractivity contribution in [2.45, 2.75) is 30.5 Å². The van der Waals surface area contributed by atoms with E-state index in [2.05, 4.69) is 9.55 Å². The molecular weight excluding hydrogens is 420 g/mol. The molecule has 1 aromatic heterocycles. The van der Waals surface area contributed by atoms with Crippen molar-refractivity contribution in [1.29, 1.82) is 0 Å². The van der Waals surface area contributed by atoms with Crippen molar-refractivity contribution in [3.8, 4) is 0 Å². The lowest BCUT2D eigenvalue weighted by atomic mass is 10.1. The monoisotopic (exact) mass is 442 g/mol. The topological polar surface area (TPSA) is 69.0 Å². The first kappa shape index (κ1) is 20.4. The van der Waals surface area contributed by atoms with E-state index >= 15 is 0 Å². The van der Waals surface area contributed by atoms with E-state index in [4.69, 9.17) is 0 Å². The Morgan fingerprint density at radius 2 is 1.69 bits per heavy atom. The summed E-state index contributed by atoms with van der Waals surface area (Å²) < 4.78 is 27.7. The molecule has 32 heavy (non-hydrogen) atoms. The summed E-state index contributed by atoms with van der Waals surface area (Å²) in [5.74, 6) is 0.658. The van der Waals surface area contributed by atoms with Gasteiger partial charge in [0.25, 0.3) is 5.56 Å². The van der Waals surface area contributed by atoms with E-state index in [1.807, 2.05) is 55.5 Å². The van der Waals surface area contributed by atoms with Crippen molar-refractivity contribution in [2.75, 3.05) is 0 Å². The number of benzene rings is 3. The van der Waals surface area contributed by atoms with Gasteiger partial charge in [-0.05, 0) is 60.4 Å². The molecular formula is C26H22N2O3S. The number of fused-ring (bicyclic) bond motifs is 3. The third-order valence-electron chi connectivity index (χ3n) is 5.84. The summed E-state index contributed by atoms with van der Waals surface area (Å²) >= 11 is 0. The first-order valence-electron chi connectivity index (χ1n) is 10.5. The smallest absolute Gasteiger partial charge is 0.281 e. The third-order valence-corrected chi connectivity index (χ3v) is 7.54. The van der Waals surface area contributed by atoms with Crippen LogP contribution in [0.4, 0.5) is 0 Å². The van der Waals surface area contributed by atoms with Gasteiger partial charge in [0, 0.05) is 6.54 Å². The van der Waals surface area contributed by atoms with Crippen molar-refractivity contribution >= 4 is 32.4 Å². The molecule has 0 fully saturated rings. The summed E-state index contributed by atoms with van der Waals surface area (Å²) in [6, 6.07) is 21.9. The summed E-state index contributed by atoms with van der Waals surface area (Å²) in [7, 11) is -3.43. The SMILES string of the molecule is Cc1ccc(CS(=O)(=O)c2ccc(/C=C3\CCn4c3nc(=O)c3ccccc34)cc2)cc1. The fourth-order valence-corrected chi connectivity index (χ4v) is 5.48. The minimum absolute atomic E-state index is 0.0268. The first-order valence-corrected chi connectivity index (χ1v) is 12.1. The van der Waals surface area contributed by atoms with Crippen LogP contribution in [-0.2, 0) is 22.1 Å². The molecule has 0 atom stereocenters. The zero-order valence-electron chi connectivity index (χ0n) is 17.7. The second kappa shape index (κ2) is 7.88. The molecule has 6 heteroatoms. The number of hydrogen-bond acceptors (Lipinski definition) is 4. The van der Waals surface area contributed by atoms with Crippen molar-refractivity contribution in [3.05, 3.63) is 106 Å². The molecule has 0 amide bonds. The predicted octanol–water partition coefficient (Wildman–Crippen LogP) is 4.62. The average Bonchev–Trinajstić information content (AvgIpc) is 3.18. The zero-order chi connectivity index (χ0) is 22.3. The molecule has 0 N–H and O–H groups in total. The van der Waals surface area contributed by atoms with Gasteiger partial charge >= 0.3 is 0 Å². The molecule has 1 aliphatic heterocycles. The van der Waals surface area contributed by atoms with Gasteiger partial charge in [-0.25, -0.2) is 8.42 Å². The Balaban J connectivity index is 1.43. The lowest BCUT2D eigenvalue weighted by Gasteiger charge is -2.08. The second-order valence-electron chi connectivity index (χ2n) is 8.14. The maximum atomic E-state index is 12.8. The molecule has 2 heterocycles. The normalized spacial score (nSPS) is 14.7. The molecule has 0 saturated carbocycles. The molecule has 160 valence electrons. The molecule has 1 aliphatic rings. The second-order valence-corrected chi connectivity index (χ2v) is 10.1. The molecule has 5 nitrogen and oxygen atoms in total. The minimum Gasteiger partial charge on any atom is -0.325 e. The number of nitrogens with zero attached hydrogens (tertiary/aromatic N) is 2. The van der Waals surface area contributed by atoms with Crippen LogP contribution < -0.4 is 5.56 Å². The Labute approximate surface area is 186 Å². The Morgan fingerprint density at radius 3 is 2.44 bits per heavy atom. The van der Waals surface area contributed by atoms with Crippen LogP contribution in [0.1, 0.15) is 28.9 Å². The van der Waals surface area contributed by atoms with Crippen LogP contribution in [-0.4, -0.2) is 18.0 Å². The molecule has 0 saturated heterocycles. The van der Waals surface area contributed by atoms with Crippen LogP contribution in [0.5, 0.6) is 0 Å². The van der Waals surface area contributed by atoms with Crippen LogP contribution >= 0.6 is 0 Å². The summed E-state index contributed by atoms with van der Waals surface area (Å²) in [6.45, 7) is 2.74.